The molecule has 4 rings (SSSR count). The average Bonchev–Trinajstić information content (AvgIpc) is 2.96. The first kappa shape index (κ1) is 20.6. The summed E-state index contributed by atoms with van der Waals surface area (Å²) < 4.78 is 51.8. The van der Waals surface area contributed by atoms with Gasteiger partial charge in [0.1, 0.15) is 11.6 Å². The maximum Gasteiger partial charge on any atom is 0.232 e. The summed E-state index contributed by atoms with van der Waals surface area (Å²) in [6.45, 7) is 0. The van der Waals surface area contributed by atoms with Crippen molar-refractivity contribution in [1.82, 2.24) is 10.0 Å². The first-order valence-corrected chi connectivity index (χ1v) is 11.1. The molecule has 0 saturated heterocycles. The normalized spacial score (nSPS) is 23.4. The van der Waals surface area contributed by atoms with Gasteiger partial charge in [-0.1, -0.05) is 18.2 Å². The van der Waals surface area contributed by atoms with Gasteiger partial charge >= 0.3 is 0 Å². The maximum absolute atomic E-state index is 14.9. The van der Waals surface area contributed by atoms with Crippen LogP contribution in [0.15, 0.2) is 36.4 Å². The molecule has 3 unspecified atom stereocenters. The summed E-state index contributed by atoms with van der Waals surface area (Å²) in [6, 6.07) is 10.3. The summed E-state index contributed by atoms with van der Waals surface area (Å²) >= 11 is -2.12. The molecule has 7 heteroatoms. The van der Waals surface area contributed by atoms with Gasteiger partial charge in [-0.05, 0) is 86.0 Å². The summed E-state index contributed by atoms with van der Waals surface area (Å²) in [5, 5.41) is 3.33. The van der Waals surface area contributed by atoms with Crippen LogP contribution in [0.5, 0.6) is 0 Å². The highest BCUT2D eigenvalue weighted by molar-refractivity contribution is 7.77. The molecule has 0 bridgehead atoms. The molecule has 0 aliphatic heterocycles. The predicted molar refractivity (Wildman–Crippen MR) is 110 cm³/mol. The molecule has 1 saturated carbocycles. The van der Waals surface area contributed by atoms with Crippen LogP contribution in [0.4, 0.5) is 8.78 Å². The average molecular weight is 421 g/mol. The Kier molecular flexibility index (Phi) is 5.84. The molecule has 2 aromatic carbocycles. The molecule has 1 fully saturated rings. The quantitative estimate of drug-likeness (QED) is 0.600. The Bertz CT molecular complexity index is 933. The molecule has 2 aliphatic rings. The van der Waals surface area contributed by atoms with Crippen LogP contribution >= 0.6 is 0 Å². The van der Waals surface area contributed by atoms with Gasteiger partial charge in [0.15, 0.2) is 0 Å². The summed E-state index contributed by atoms with van der Waals surface area (Å²) in [6.07, 6.45) is 4.25. The van der Waals surface area contributed by atoms with E-state index in [1.54, 1.807) is 18.2 Å². The van der Waals surface area contributed by atoms with E-state index in [1.807, 2.05) is 19.2 Å². The Morgan fingerprint density at radius 1 is 1.24 bits per heavy atom. The van der Waals surface area contributed by atoms with Crippen molar-refractivity contribution in [1.29, 1.82) is 0 Å². The fourth-order valence-corrected chi connectivity index (χ4v) is 5.52. The van der Waals surface area contributed by atoms with Gasteiger partial charge < -0.3 is 5.32 Å². The van der Waals surface area contributed by atoms with Gasteiger partial charge in [0.2, 0.25) is 11.3 Å². The second-order valence-corrected chi connectivity index (χ2v) is 9.05. The van der Waals surface area contributed by atoms with E-state index in [2.05, 4.69) is 10.0 Å². The Hall–Kier alpha value is -1.67. The predicted octanol–water partition coefficient (Wildman–Crippen LogP) is 3.63. The molecule has 0 aromatic heterocycles. The van der Waals surface area contributed by atoms with E-state index in [0.29, 0.717) is 18.4 Å². The van der Waals surface area contributed by atoms with Crippen LogP contribution in [-0.4, -0.2) is 27.4 Å². The number of rotatable bonds is 7. The van der Waals surface area contributed by atoms with Crippen molar-refractivity contribution in [3.63, 3.8) is 0 Å². The van der Waals surface area contributed by atoms with E-state index in [-0.39, 0.29) is 23.6 Å². The third-order valence-corrected chi connectivity index (χ3v) is 7.10. The molecule has 156 valence electrons. The molecular weight excluding hydrogens is 394 g/mol. The standard InChI is InChI=1S/C22H26F2N2O2S/c1-25-21-12-15-11-20(24)16(13-22(6-3-7-22)26-29(27)28)10-18(15)19(21)9-14-4-2-5-17(23)8-14/h2,4-5,8,10-11,19,21,25-26H,3,6-7,9,12-13H2,1H3,(H,27,28). The number of benzene rings is 2. The Balaban J connectivity index is 1.64. The summed E-state index contributed by atoms with van der Waals surface area (Å²) in [5.41, 5.74) is 3.04. The van der Waals surface area contributed by atoms with Crippen LogP contribution in [0.25, 0.3) is 0 Å². The van der Waals surface area contributed by atoms with E-state index in [1.165, 1.54) is 6.07 Å². The topological polar surface area (TPSA) is 61.4 Å². The molecule has 0 radical (unpaired) electrons. The van der Waals surface area contributed by atoms with Crippen molar-refractivity contribution in [3.05, 3.63) is 70.3 Å². The second-order valence-electron chi connectivity index (χ2n) is 8.34. The summed E-state index contributed by atoms with van der Waals surface area (Å²) in [7, 11) is 1.90. The third-order valence-electron chi connectivity index (χ3n) is 6.49. The van der Waals surface area contributed by atoms with E-state index < -0.39 is 16.8 Å². The smallest absolute Gasteiger partial charge is 0.232 e. The van der Waals surface area contributed by atoms with Crippen LogP contribution in [0.3, 0.4) is 0 Å². The second kappa shape index (κ2) is 8.22. The number of fused-ring (bicyclic) bond motifs is 1. The van der Waals surface area contributed by atoms with Gasteiger partial charge in [0, 0.05) is 17.5 Å². The fourth-order valence-electron chi connectivity index (χ4n) is 4.87. The third kappa shape index (κ3) is 4.28. The Morgan fingerprint density at radius 3 is 2.66 bits per heavy atom. The largest absolute Gasteiger partial charge is 0.316 e. The van der Waals surface area contributed by atoms with Crippen LogP contribution in [0.1, 0.15) is 47.4 Å². The summed E-state index contributed by atoms with van der Waals surface area (Å²) in [5.74, 6) is -0.397. The van der Waals surface area contributed by atoms with Crippen LogP contribution < -0.4 is 10.0 Å². The molecule has 4 nitrogen and oxygen atoms in total. The van der Waals surface area contributed by atoms with Gasteiger partial charge in [-0.15, -0.1) is 0 Å². The van der Waals surface area contributed by atoms with Gasteiger partial charge in [-0.25, -0.2) is 17.7 Å². The zero-order valence-electron chi connectivity index (χ0n) is 16.4. The van der Waals surface area contributed by atoms with Gasteiger partial charge in [-0.2, -0.15) is 0 Å². The Morgan fingerprint density at radius 2 is 2.03 bits per heavy atom. The first-order chi connectivity index (χ1) is 13.9. The molecular formula is C22H26F2N2O2S. The fraction of sp³-hybridized carbons (Fsp3) is 0.455. The van der Waals surface area contributed by atoms with Crippen molar-refractivity contribution in [3.8, 4) is 0 Å². The van der Waals surface area contributed by atoms with Crippen molar-refractivity contribution in [2.24, 2.45) is 0 Å². The van der Waals surface area contributed by atoms with Crippen molar-refractivity contribution >= 4 is 11.3 Å². The minimum Gasteiger partial charge on any atom is -0.316 e. The van der Waals surface area contributed by atoms with E-state index in [9.17, 15) is 17.5 Å². The van der Waals surface area contributed by atoms with Crippen molar-refractivity contribution in [2.75, 3.05) is 7.05 Å². The number of hydrogen-bond donors (Lipinski definition) is 3. The lowest BCUT2D eigenvalue weighted by molar-refractivity contribution is 0.217. The number of likely N-dealkylation sites (N-methyl/N-ethyl adjacent to an activating group) is 1. The monoisotopic (exact) mass is 420 g/mol. The zero-order chi connectivity index (χ0) is 20.6. The lowest BCUT2D eigenvalue weighted by Gasteiger charge is -2.41. The highest BCUT2D eigenvalue weighted by Gasteiger charge is 2.40. The number of halogens is 2. The van der Waals surface area contributed by atoms with Crippen LogP contribution in [0, 0.1) is 11.6 Å². The lowest BCUT2D eigenvalue weighted by atomic mass is 9.73. The van der Waals surface area contributed by atoms with E-state index >= 15 is 0 Å². The van der Waals surface area contributed by atoms with E-state index in [4.69, 9.17) is 0 Å². The maximum atomic E-state index is 14.9. The summed E-state index contributed by atoms with van der Waals surface area (Å²) in [4.78, 5) is 0. The van der Waals surface area contributed by atoms with Crippen molar-refractivity contribution < 1.29 is 17.5 Å². The zero-order valence-corrected chi connectivity index (χ0v) is 17.2. The molecule has 2 aliphatic carbocycles. The number of hydrogen-bond acceptors (Lipinski definition) is 2. The van der Waals surface area contributed by atoms with Gasteiger partial charge in [0.25, 0.3) is 0 Å². The highest BCUT2D eigenvalue weighted by atomic mass is 32.2. The molecule has 3 N–H and O–H groups in total. The minimum absolute atomic E-state index is 0.119. The molecule has 0 heterocycles. The lowest BCUT2D eigenvalue weighted by Crippen LogP contribution is -2.53. The minimum atomic E-state index is -2.12. The first-order valence-electron chi connectivity index (χ1n) is 10.0. The molecule has 2 aromatic rings. The SMILES string of the molecule is CNC1Cc2cc(F)c(CC3(NS(=O)O)CCC3)cc2C1Cc1cccc(F)c1. The van der Waals surface area contributed by atoms with Gasteiger partial charge in [-0.3, -0.25) is 4.55 Å². The van der Waals surface area contributed by atoms with E-state index in [0.717, 1.165) is 42.4 Å². The highest BCUT2D eigenvalue weighted by Crippen LogP contribution is 2.40. The Labute approximate surface area is 172 Å². The van der Waals surface area contributed by atoms with Crippen LogP contribution in [0.2, 0.25) is 0 Å². The molecule has 3 atom stereocenters. The van der Waals surface area contributed by atoms with Crippen molar-refractivity contribution in [2.45, 2.75) is 56.0 Å². The van der Waals surface area contributed by atoms with Crippen LogP contribution in [-0.2, 0) is 30.5 Å². The van der Waals surface area contributed by atoms with Gasteiger partial charge in [0.05, 0.1) is 0 Å². The molecule has 0 amide bonds. The number of nitrogens with one attached hydrogen (secondary N) is 2. The molecule has 29 heavy (non-hydrogen) atoms. The molecule has 0 spiro atoms.